The Morgan fingerprint density at radius 2 is 1.65 bits per heavy atom. The lowest BCUT2D eigenvalue weighted by molar-refractivity contribution is 0.595. The molecule has 0 amide bonds. The van der Waals surface area contributed by atoms with Crippen molar-refractivity contribution in [2.75, 3.05) is 10.5 Å². The van der Waals surface area contributed by atoms with Crippen molar-refractivity contribution >= 4 is 31.6 Å². The van der Waals surface area contributed by atoms with Gasteiger partial charge in [0.25, 0.3) is 0 Å². The number of sulfonamides is 1. The van der Waals surface area contributed by atoms with Gasteiger partial charge < -0.3 is 0 Å². The average molecular weight is 354 g/mol. The van der Waals surface area contributed by atoms with Gasteiger partial charge in [0.15, 0.2) is 0 Å². The Balaban J connectivity index is 2.06. The van der Waals surface area contributed by atoms with Crippen LogP contribution < -0.4 is 4.72 Å². The number of nitrogens with one attached hydrogen (secondary N) is 1. The van der Waals surface area contributed by atoms with Gasteiger partial charge >= 0.3 is 0 Å². The van der Waals surface area contributed by atoms with Gasteiger partial charge in [-0.15, -0.1) is 0 Å². The monoisotopic (exact) mass is 353 g/mol. The van der Waals surface area contributed by atoms with Crippen molar-refractivity contribution in [1.29, 1.82) is 0 Å². The smallest absolute Gasteiger partial charge is 0.233 e. The lowest BCUT2D eigenvalue weighted by Crippen LogP contribution is -2.20. The van der Waals surface area contributed by atoms with Gasteiger partial charge in [0.2, 0.25) is 10.0 Å². The fourth-order valence-electron chi connectivity index (χ4n) is 1.95. The van der Waals surface area contributed by atoms with Gasteiger partial charge in [-0.1, -0.05) is 53.2 Å². The number of anilines is 1. The molecule has 106 valence electrons. The molecule has 0 aliphatic carbocycles. The standard InChI is InChI=1S/C15H16BrNO2S/c1-12(13-5-3-2-4-6-13)11-20(18,19)17-15-9-7-14(16)8-10-15/h2-10,12,17H,11H2,1H3. The van der Waals surface area contributed by atoms with Crippen LogP contribution in [0.1, 0.15) is 18.4 Å². The maximum absolute atomic E-state index is 12.1. The van der Waals surface area contributed by atoms with Crippen molar-refractivity contribution < 1.29 is 8.42 Å². The summed E-state index contributed by atoms with van der Waals surface area (Å²) in [7, 11) is -3.36. The second-order valence-corrected chi connectivity index (χ2v) is 7.38. The van der Waals surface area contributed by atoms with Gasteiger partial charge in [-0.3, -0.25) is 4.72 Å². The molecule has 0 radical (unpaired) electrons. The molecule has 0 aliphatic heterocycles. The zero-order valence-electron chi connectivity index (χ0n) is 11.1. The van der Waals surface area contributed by atoms with E-state index >= 15 is 0 Å². The highest BCUT2D eigenvalue weighted by atomic mass is 79.9. The van der Waals surface area contributed by atoms with Crippen LogP contribution in [0.4, 0.5) is 5.69 Å². The zero-order chi connectivity index (χ0) is 14.6. The van der Waals surface area contributed by atoms with Crippen LogP contribution in [0, 0.1) is 0 Å². The number of benzene rings is 2. The van der Waals surface area contributed by atoms with Gasteiger partial charge in [-0.25, -0.2) is 8.42 Å². The molecule has 1 unspecified atom stereocenters. The summed E-state index contributed by atoms with van der Waals surface area (Å²) in [4.78, 5) is 0. The van der Waals surface area contributed by atoms with Crippen molar-refractivity contribution in [1.82, 2.24) is 0 Å². The van der Waals surface area contributed by atoms with E-state index < -0.39 is 10.0 Å². The molecule has 5 heteroatoms. The third kappa shape index (κ3) is 4.35. The first kappa shape index (κ1) is 15.1. The van der Waals surface area contributed by atoms with E-state index in [2.05, 4.69) is 20.7 Å². The molecule has 0 fully saturated rings. The summed E-state index contributed by atoms with van der Waals surface area (Å²) in [5.74, 6) is 0.0109. The quantitative estimate of drug-likeness (QED) is 0.882. The van der Waals surface area contributed by atoms with Crippen LogP contribution in [0.3, 0.4) is 0 Å². The summed E-state index contributed by atoms with van der Waals surface area (Å²) in [6.07, 6.45) is 0. The summed E-state index contributed by atoms with van der Waals surface area (Å²) >= 11 is 3.32. The number of hydrogen-bond acceptors (Lipinski definition) is 2. The molecule has 20 heavy (non-hydrogen) atoms. The van der Waals surface area contributed by atoms with E-state index in [0.29, 0.717) is 5.69 Å². The fourth-order valence-corrected chi connectivity index (χ4v) is 3.64. The normalized spacial score (nSPS) is 12.9. The van der Waals surface area contributed by atoms with Crippen LogP contribution in [0.5, 0.6) is 0 Å². The van der Waals surface area contributed by atoms with Crippen LogP contribution >= 0.6 is 15.9 Å². The van der Waals surface area contributed by atoms with E-state index in [-0.39, 0.29) is 11.7 Å². The molecular formula is C15H16BrNO2S. The molecule has 2 aromatic carbocycles. The minimum Gasteiger partial charge on any atom is -0.284 e. The van der Waals surface area contributed by atoms with Crippen molar-refractivity contribution in [2.45, 2.75) is 12.8 Å². The predicted molar refractivity (Wildman–Crippen MR) is 86.4 cm³/mol. The highest BCUT2D eigenvalue weighted by Crippen LogP contribution is 2.19. The lowest BCUT2D eigenvalue weighted by atomic mass is 10.0. The predicted octanol–water partition coefficient (Wildman–Crippen LogP) is 3.99. The molecule has 0 saturated heterocycles. The Morgan fingerprint density at radius 1 is 1.05 bits per heavy atom. The van der Waals surface area contributed by atoms with Crippen LogP contribution in [0.25, 0.3) is 0 Å². The van der Waals surface area contributed by atoms with E-state index in [1.165, 1.54) is 0 Å². The van der Waals surface area contributed by atoms with E-state index in [1.807, 2.05) is 37.3 Å². The Morgan fingerprint density at radius 3 is 2.25 bits per heavy atom. The maximum atomic E-state index is 12.1. The van der Waals surface area contributed by atoms with E-state index in [1.54, 1.807) is 24.3 Å². The molecule has 0 aliphatic rings. The minimum absolute atomic E-state index is 0.0517. The molecule has 0 saturated carbocycles. The molecular weight excluding hydrogens is 338 g/mol. The minimum atomic E-state index is -3.36. The number of rotatable bonds is 5. The fraction of sp³-hybridized carbons (Fsp3) is 0.200. The third-order valence-corrected chi connectivity index (χ3v) is 4.97. The first-order chi connectivity index (χ1) is 9.46. The molecule has 0 aromatic heterocycles. The first-order valence-corrected chi connectivity index (χ1v) is 8.72. The van der Waals surface area contributed by atoms with Crippen molar-refractivity contribution in [3.8, 4) is 0 Å². The maximum Gasteiger partial charge on any atom is 0.233 e. The number of hydrogen-bond donors (Lipinski definition) is 1. The molecule has 2 rings (SSSR count). The van der Waals surface area contributed by atoms with Crippen LogP contribution in [0.15, 0.2) is 59.1 Å². The Labute approximate surface area is 128 Å². The van der Waals surface area contributed by atoms with Gasteiger partial charge in [-0.2, -0.15) is 0 Å². The topological polar surface area (TPSA) is 46.2 Å². The Bertz CT molecular complexity index is 654. The highest BCUT2D eigenvalue weighted by Gasteiger charge is 2.17. The Hall–Kier alpha value is -1.33. The zero-order valence-corrected chi connectivity index (χ0v) is 13.5. The van der Waals surface area contributed by atoms with E-state index in [9.17, 15) is 8.42 Å². The lowest BCUT2D eigenvalue weighted by Gasteiger charge is -2.14. The number of halogens is 1. The Kier molecular flexibility index (Phi) is 4.83. The van der Waals surface area contributed by atoms with Gasteiger partial charge in [-0.05, 0) is 35.7 Å². The molecule has 2 aromatic rings. The first-order valence-electron chi connectivity index (χ1n) is 6.27. The molecule has 0 bridgehead atoms. The summed E-state index contributed by atoms with van der Waals surface area (Å²) in [5.41, 5.74) is 1.60. The van der Waals surface area contributed by atoms with Gasteiger partial charge in [0, 0.05) is 10.2 Å². The second kappa shape index (κ2) is 6.41. The van der Waals surface area contributed by atoms with Crippen LogP contribution in [-0.4, -0.2) is 14.2 Å². The summed E-state index contributed by atoms with van der Waals surface area (Å²) in [6.45, 7) is 1.91. The van der Waals surface area contributed by atoms with Crippen LogP contribution in [-0.2, 0) is 10.0 Å². The molecule has 3 nitrogen and oxygen atoms in total. The van der Waals surface area contributed by atoms with Crippen molar-refractivity contribution in [2.24, 2.45) is 0 Å². The molecule has 0 heterocycles. The second-order valence-electron chi connectivity index (χ2n) is 4.70. The molecule has 0 spiro atoms. The molecule has 1 atom stereocenters. The summed E-state index contributed by atoms with van der Waals surface area (Å²) in [6, 6.07) is 16.7. The summed E-state index contributed by atoms with van der Waals surface area (Å²) in [5, 5.41) is 0. The average Bonchev–Trinajstić information content (AvgIpc) is 2.41. The summed E-state index contributed by atoms with van der Waals surface area (Å²) < 4.78 is 27.8. The SMILES string of the molecule is CC(CS(=O)(=O)Nc1ccc(Br)cc1)c1ccccc1. The van der Waals surface area contributed by atoms with Gasteiger partial charge in [0.1, 0.15) is 0 Å². The third-order valence-electron chi connectivity index (χ3n) is 2.96. The van der Waals surface area contributed by atoms with Crippen molar-refractivity contribution in [3.63, 3.8) is 0 Å². The van der Waals surface area contributed by atoms with E-state index in [0.717, 1.165) is 10.0 Å². The van der Waals surface area contributed by atoms with Crippen molar-refractivity contribution in [3.05, 3.63) is 64.6 Å². The van der Waals surface area contributed by atoms with Gasteiger partial charge in [0.05, 0.1) is 5.75 Å². The van der Waals surface area contributed by atoms with E-state index in [4.69, 9.17) is 0 Å². The molecule has 1 N–H and O–H groups in total. The van der Waals surface area contributed by atoms with Crippen LogP contribution in [0.2, 0.25) is 0 Å². The largest absolute Gasteiger partial charge is 0.284 e. The highest BCUT2D eigenvalue weighted by molar-refractivity contribution is 9.10.